The highest BCUT2D eigenvalue weighted by Crippen LogP contribution is 2.35. The number of carbonyl (C=O) groups is 1. The molecule has 228 valence electrons. The van der Waals surface area contributed by atoms with Crippen molar-refractivity contribution < 1.29 is 19.0 Å². The summed E-state index contributed by atoms with van der Waals surface area (Å²) in [5.41, 5.74) is 3.42. The fourth-order valence-electron chi connectivity index (χ4n) is 5.80. The predicted octanol–water partition coefficient (Wildman–Crippen LogP) is 5.51. The lowest BCUT2D eigenvalue weighted by Gasteiger charge is -2.33. The number of methoxy groups -OCH3 is 1. The number of pyridine rings is 1. The van der Waals surface area contributed by atoms with Gasteiger partial charge in [0.25, 0.3) is 0 Å². The number of nitrogens with zero attached hydrogens (tertiary/aromatic N) is 6. The van der Waals surface area contributed by atoms with Gasteiger partial charge in [-0.2, -0.15) is 10.2 Å². The Balaban J connectivity index is 1.28. The smallest absolute Gasteiger partial charge is 0.410 e. The van der Waals surface area contributed by atoms with E-state index in [0.29, 0.717) is 25.7 Å². The summed E-state index contributed by atoms with van der Waals surface area (Å²) in [4.78, 5) is 19.1. The monoisotopic (exact) mass is 587 g/mol. The second-order valence-electron chi connectivity index (χ2n) is 12.3. The third-order valence-electron chi connectivity index (χ3n) is 8.08. The summed E-state index contributed by atoms with van der Waals surface area (Å²) in [6.07, 6.45) is 9.07. The average Bonchev–Trinajstić information content (AvgIpc) is 3.63. The number of aromatic nitrogens is 5. The molecular formula is C32H41N7O4. The Hall–Kier alpha value is -4.12. The molecule has 6 rings (SSSR count). The minimum absolute atomic E-state index is 0.193. The van der Waals surface area contributed by atoms with Crippen molar-refractivity contribution in [3.05, 3.63) is 54.5 Å². The molecule has 1 amide bonds. The van der Waals surface area contributed by atoms with Gasteiger partial charge in [0, 0.05) is 50.3 Å². The number of carbonyl (C=O) groups excluding carboxylic acids is 1. The molecule has 2 saturated heterocycles. The third kappa shape index (κ3) is 6.61. The lowest BCUT2D eigenvalue weighted by Crippen LogP contribution is -2.42. The lowest BCUT2D eigenvalue weighted by molar-refractivity contribution is 0.0184. The van der Waals surface area contributed by atoms with E-state index in [1.807, 2.05) is 60.7 Å². The van der Waals surface area contributed by atoms with Crippen LogP contribution in [0.5, 0.6) is 5.75 Å². The quantitative estimate of drug-likeness (QED) is 0.301. The predicted molar refractivity (Wildman–Crippen MR) is 164 cm³/mol. The molecule has 43 heavy (non-hydrogen) atoms. The first-order valence-corrected chi connectivity index (χ1v) is 15.1. The van der Waals surface area contributed by atoms with Crippen LogP contribution in [0.1, 0.15) is 58.1 Å². The van der Waals surface area contributed by atoms with Crippen LogP contribution in [-0.2, 0) is 16.0 Å². The molecule has 3 aromatic heterocycles. The number of benzene rings is 1. The Morgan fingerprint density at radius 1 is 1.07 bits per heavy atom. The Morgan fingerprint density at radius 3 is 2.51 bits per heavy atom. The van der Waals surface area contributed by atoms with E-state index in [0.717, 1.165) is 78.2 Å². The highest BCUT2D eigenvalue weighted by molar-refractivity contribution is 6.00. The largest absolute Gasteiger partial charge is 0.497 e. The van der Waals surface area contributed by atoms with Crippen LogP contribution in [-0.4, -0.2) is 80.6 Å². The number of anilines is 1. The minimum atomic E-state index is -0.502. The maximum Gasteiger partial charge on any atom is 0.410 e. The lowest BCUT2D eigenvalue weighted by atomic mass is 10.1. The third-order valence-corrected chi connectivity index (χ3v) is 8.08. The summed E-state index contributed by atoms with van der Waals surface area (Å²) in [5.74, 6) is 1.66. The van der Waals surface area contributed by atoms with Gasteiger partial charge in [-0.3, -0.25) is 9.36 Å². The number of hydrogen-bond donors (Lipinski definition) is 1. The van der Waals surface area contributed by atoms with Crippen molar-refractivity contribution in [2.75, 3.05) is 38.7 Å². The maximum atomic E-state index is 12.6. The summed E-state index contributed by atoms with van der Waals surface area (Å²) in [6.45, 7) is 9.06. The Bertz CT molecular complexity index is 1540. The van der Waals surface area contributed by atoms with Crippen LogP contribution < -0.4 is 10.1 Å². The van der Waals surface area contributed by atoms with Gasteiger partial charge in [-0.05, 0) is 70.2 Å². The summed E-state index contributed by atoms with van der Waals surface area (Å²) >= 11 is 0. The minimum Gasteiger partial charge on any atom is -0.497 e. The zero-order valence-corrected chi connectivity index (χ0v) is 25.5. The van der Waals surface area contributed by atoms with Crippen LogP contribution >= 0.6 is 0 Å². The second kappa shape index (κ2) is 12.2. The molecule has 11 heteroatoms. The molecule has 0 saturated carbocycles. The van der Waals surface area contributed by atoms with Gasteiger partial charge in [0.2, 0.25) is 0 Å². The van der Waals surface area contributed by atoms with Crippen LogP contribution in [0.25, 0.3) is 22.2 Å². The SMILES string of the molecule is COc1ccc(Cn2nc(-c3cnn(C4CCN(C(=O)OC(C)(C)C)CC4)c3)c3c(NC4CCOCC4)nccc32)cc1. The molecule has 5 heterocycles. The standard InChI is InChI=1S/C32H41N7O4/c1-32(2,3)43-31(40)37-15-10-25(11-16-37)38-21-23(19-34-38)29-28-27(9-14-33-30(28)35-24-12-17-42-18-13-24)39(36-29)20-22-5-7-26(41-4)8-6-22/h5-9,14,19,21,24-25H,10-13,15-18,20H2,1-4H3,(H,33,35). The average molecular weight is 588 g/mol. The fraction of sp³-hybridized carbons (Fsp3) is 0.500. The van der Waals surface area contributed by atoms with Gasteiger partial charge in [-0.25, -0.2) is 9.78 Å². The van der Waals surface area contributed by atoms with Crippen molar-refractivity contribution in [1.29, 1.82) is 0 Å². The highest BCUT2D eigenvalue weighted by Gasteiger charge is 2.28. The van der Waals surface area contributed by atoms with E-state index in [1.165, 1.54) is 0 Å². The van der Waals surface area contributed by atoms with Crippen molar-refractivity contribution in [2.24, 2.45) is 0 Å². The van der Waals surface area contributed by atoms with Crippen LogP contribution in [0.15, 0.2) is 48.9 Å². The van der Waals surface area contributed by atoms with Gasteiger partial charge in [0.05, 0.1) is 36.8 Å². The van der Waals surface area contributed by atoms with E-state index in [4.69, 9.17) is 29.4 Å². The van der Waals surface area contributed by atoms with E-state index in [2.05, 4.69) is 23.6 Å². The number of ether oxygens (including phenoxy) is 3. The second-order valence-corrected chi connectivity index (χ2v) is 12.3. The molecule has 11 nitrogen and oxygen atoms in total. The van der Waals surface area contributed by atoms with Crippen LogP contribution in [0.3, 0.4) is 0 Å². The highest BCUT2D eigenvalue weighted by atomic mass is 16.6. The van der Waals surface area contributed by atoms with Gasteiger partial charge in [-0.15, -0.1) is 0 Å². The molecule has 0 atom stereocenters. The number of amides is 1. The molecule has 0 radical (unpaired) electrons. The molecule has 0 aliphatic carbocycles. The Kier molecular flexibility index (Phi) is 8.25. The zero-order valence-electron chi connectivity index (χ0n) is 25.5. The van der Waals surface area contributed by atoms with E-state index >= 15 is 0 Å². The number of piperidine rings is 1. The van der Waals surface area contributed by atoms with E-state index in [1.54, 1.807) is 12.0 Å². The molecule has 2 aliphatic heterocycles. The molecule has 1 aromatic carbocycles. The van der Waals surface area contributed by atoms with Crippen molar-refractivity contribution in [2.45, 2.75) is 70.7 Å². The van der Waals surface area contributed by atoms with E-state index in [-0.39, 0.29) is 12.1 Å². The van der Waals surface area contributed by atoms with Crippen LogP contribution in [0, 0.1) is 0 Å². The summed E-state index contributed by atoms with van der Waals surface area (Å²) < 4.78 is 20.6. The normalized spacial score (nSPS) is 16.9. The first kappa shape index (κ1) is 29.0. The molecule has 2 fully saturated rings. The number of nitrogens with one attached hydrogen (secondary N) is 1. The molecule has 4 aromatic rings. The van der Waals surface area contributed by atoms with Crippen molar-refractivity contribution in [1.82, 2.24) is 29.4 Å². The number of rotatable bonds is 7. The Labute approximate surface area is 252 Å². The topological polar surface area (TPSA) is 109 Å². The van der Waals surface area contributed by atoms with Gasteiger partial charge in [0.1, 0.15) is 22.9 Å². The summed E-state index contributed by atoms with van der Waals surface area (Å²) in [5, 5.41) is 14.6. The van der Waals surface area contributed by atoms with Crippen molar-refractivity contribution in [3.8, 4) is 17.0 Å². The van der Waals surface area contributed by atoms with E-state index in [9.17, 15) is 4.79 Å². The van der Waals surface area contributed by atoms with Gasteiger partial charge in [0.15, 0.2) is 0 Å². The maximum absolute atomic E-state index is 12.6. The van der Waals surface area contributed by atoms with Crippen LogP contribution in [0.2, 0.25) is 0 Å². The molecule has 0 spiro atoms. The molecule has 0 unspecified atom stereocenters. The first-order chi connectivity index (χ1) is 20.8. The summed E-state index contributed by atoms with van der Waals surface area (Å²) in [7, 11) is 1.67. The number of likely N-dealkylation sites (tertiary alicyclic amines) is 1. The first-order valence-electron chi connectivity index (χ1n) is 15.1. The fourth-order valence-corrected chi connectivity index (χ4v) is 5.80. The van der Waals surface area contributed by atoms with Gasteiger partial charge >= 0.3 is 6.09 Å². The molecule has 1 N–H and O–H groups in total. The number of fused-ring (bicyclic) bond motifs is 1. The van der Waals surface area contributed by atoms with Crippen molar-refractivity contribution >= 4 is 22.8 Å². The van der Waals surface area contributed by atoms with Crippen molar-refractivity contribution in [3.63, 3.8) is 0 Å². The van der Waals surface area contributed by atoms with E-state index < -0.39 is 5.60 Å². The Morgan fingerprint density at radius 2 is 1.81 bits per heavy atom. The molecular weight excluding hydrogens is 546 g/mol. The summed E-state index contributed by atoms with van der Waals surface area (Å²) in [6, 6.07) is 10.6. The zero-order chi connectivity index (χ0) is 30.0. The van der Waals surface area contributed by atoms with Gasteiger partial charge < -0.3 is 24.4 Å². The number of hydrogen-bond acceptors (Lipinski definition) is 8. The molecule has 2 aliphatic rings. The molecule has 0 bridgehead atoms. The van der Waals surface area contributed by atoms with Crippen LogP contribution in [0.4, 0.5) is 10.6 Å². The van der Waals surface area contributed by atoms with Gasteiger partial charge in [-0.1, -0.05) is 12.1 Å².